The maximum Gasteiger partial charge on any atom is 0.202 e. The smallest absolute Gasteiger partial charge is 0.202 e. The van der Waals surface area contributed by atoms with Crippen LogP contribution in [-0.4, -0.2) is 22.4 Å². The summed E-state index contributed by atoms with van der Waals surface area (Å²) in [6.07, 6.45) is 1.43. The Morgan fingerprint density at radius 2 is 2.09 bits per heavy atom. The van der Waals surface area contributed by atoms with Crippen molar-refractivity contribution in [3.8, 4) is 6.07 Å². The molecule has 0 radical (unpaired) electrons. The summed E-state index contributed by atoms with van der Waals surface area (Å²) in [4.78, 5) is 8.89. The Balaban J connectivity index is 2.43. The highest BCUT2D eigenvalue weighted by molar-refractivity contribution is 6.11. The standard InChI is InChI=1S/C15H11F2N3O2/c16-12-3-2-11(7-13(12)17)15(20-22-6-5-18)14-4-1-10(9-21)8-19-14/h1-4,7-8,21H,6,9H2/b20-15+. The fourth-order valence-corrected chi connectivity index (χ4v) is 1.67. The molecule has 0 amide bonds. The molecule has 2 aromatic rings. The van der Waals surface area contributed by atoms with Crippen molar-refractivity contribution in [3.05, 3.63) is 65.0 Å². The predicted molar refractivity (Wildman–Crippen MR) is 73.7 cm³/mol. The molecule has 0 fully saturated rings. The number of nitrogens with zero attached hydrogens (tertiary/aromatic N) is 3. The van der Waals surface area contributed by atoms with E-state index in [-0.39, 0.29) is 24.5 Å². The fourth-order valence-electron chi connectivity index (χ4n) is 1.67. The molecule has 0 spiro atoms. The number of benzene rings is 1. The van der Waals surface area contributed by atoms with Gasteiger partial charge in [0.05, 0.1) is 12.3 Å². The Morgan fingerprint density at radius 1 is 1.27 bits per heavy atom. The number of hydrogen-bond acceptors (Lipinski definition) is 5. The highest BCUT2D eigenvalue weighted by Gasteiger charge is 2.13. The van der Waals surface area contributed by atoms with Crippen LogP contribution in [0, 0.1) is 23.0 Å². The lowest BCUT2D eigenvalue weighted by Crippen LogP contribution is -2.08. The van der Waals surface area contributed by atoms with E-state index < -0.39 is 11.6 Å². The third kappa shape index (κ3) is 3.62. The third-order valence-corrected chi connectivity index (χ3v) is 2.73. The van der Waals surface area contributed by atoms with Crippen LogP contribution in [0.15, 0.2) is 41.7 Å². The minimum atomic E-state index is -1.03. The van der Waals surface area contributed by atoms with Gasteiger partial charge in [-0.1, -0.05) is 11.2 Å². The molecular formula is C15H11F2N3O2. The van der Waals surface area contributed by atoms with Gasteiger partial charge in [0.25, 0.3) is 0 Å². The van der Waals surface area contributed by atoms with Gasteiger partial charge < -0.3 is 9.94 Å². The van der Waals surface area contributed by atoms with Gasteiger partial charge in [0.15, 0.2) is 11.6 Å². The zero-order valence-corrected chi connectivity index (χ0v) is 11.3. The van der Waals surface area contributed by atoms with Crippen LogP contribution >= 0.6 is 0 Å². The first-order valence-electron chi connectivity index (χ1n) is 6.24. The Hall–Kier alpha value is -2.85. The second kappa shape index (κ2) is 7.24. The summed E-state index contributed by atoms with van der Waals surface area (Å²) < 4.78 is 26.4. The zero-order valence-electron chi connectivity index (χ0n) is 11.3. The summed E-state index contributed by atoms with van der Waals surface area (Å²) in [5, 5.41) is 21.2. The lowest BCUT2D eigenvalue weighted by atomic mass is 10.1. The van der Waals surface area contributed by atoms with E-state index in [1.54, 1.807) is 18.2 Å². The van der Waals surface area contributed by atoms with E-state index in [1.165, 1.54) is 12.3 Å². The third-order valence-electron chi connectivity index (χ3n) is 2.73. The van der Waals surface area contributed by atoms with Gasteiger partial charge in [-0.05, 0) is 29.8 Å². The molecule has 0 saturated heterocycles. The highest BCUT2D eigenvalue weighted by atomic mass is 19.2. The average molecular weight is 303 g/mol. The largest absolute Gasteiger partial charge is 0.392 e. The van der Waals surface area contributed by atoms with Crippen LogP contribution in [0.5, 0.6) is 0 Å². The quantitative estimate of drug-likeness (QED) is 0.521. The van der Waals surface area contributed by atoms with Crippen LogP contribution in [0.3, 0.4) is 0 Å². The summed E-state index contributed by atoms with van der Waals surface area (Å²) in [7, 11) is 0. The van der Waals surface area contributed by atoms with E-state index in [4.69, 9.17) is 15.2 Å². The molecular weight excluding hydrogens is 292 g/mol. The van der Waals surface area contributed by atoms with Crippen LogP contribution in [0.2, 0.25) is 0 Å². The predicted octanol–water partition coefficient (Wildman–Crippen LogP) is 2.14. The first-order chi connectivity index (χ1) is 10.7. The Labute approximate surface area is 125 Å². The summed E-state index contributed by atoms with van der Waals surface area (Å²) >= 11 is 0. The number of aliphatic hydroxyl groups excluding tert-OH is 1. The van der Waals surface area contributed by atoms with Crippen LogP contribution in [-0.2, 0) is 11.4 Å². The van der Waals surface area contributed by atoms with E-state index in [0.717, 1.165) is 12.1 Å². The summed E-state index contributed by atoms with van der Waals surface area (Å²) in [5.74, 6) is -2.01. The molecule has 112 valence electrons. The molecule has 22 heavy (non-hydrogen) atoms. The minimum absolute atomic E-state index is 0.152. The molecule has 0 aliphatic rings. The number of oxime groups is 1. The van der Waals surface area contributed by atoms with Crippen molar-refractivity contribution in [3.63, 3.8) is 0 Å². The van der Waals surface area contributed by atoms with E-state index in [1.807, 2.05) is 0 Å². The summed E-state index contributed by atoms with van der Waals surface area (Å²) in [6.45, 7) is -0.461. The summed E-state index contributed by atoms with van der Waals surface area (Å²) in [5.41, 5.74) is 1.33. The normalized spacial score (nSPS) is 11.1. The van der Waals surface area contributed by atoms with Crippen LogP contribution in [0.25, 0.3) is 0 Å². The lowest BCUT2D eigenvalue weighted by Gasteiger charge is -2.07. The molecule has 5 nitrogen and oxygen atoms in total. The van der Waals surface area contributed by atoms with Gasteiger partial charge in [-0.2, -0.15) is 5.26 Å². The number of aromatic nitrogens is 1. The van der Waals surface area contributed by atoms with Crippen LogP contribution in [0.1, 0.15) is 16.8 Å². The van der Waals surface area contributed by atoms with Crippen molar-refractivity contribution in [2.24, 2.45) is 5.16 Å². The molecule has 1 aromatic heterocycles. The molecule has 0 unspecified atom stereocenters. The Morgan fingerprint density at radius 3 is 2.68 bits per heavy atom. The van der Waals surface area contributed by atoms with E-state index in [9.17, 15) is 8.78 Å². The maximum atomic E-state index is 13.4. The first-order valence-corrected chi connectivity index (χ1v) is 6.24. The Kier molecular flexibility index (Phi) is 5.11. The van der Waals surface area contributed by atoms with Crippen molar-refractivity contribution < 1.29 is 18.7 Å². The lowest BCUT2D eigenvalue weighted by molar-refractivity contribution is 0.179. The number of halogens is 2. The van der Waals surface area contributed by atoms with Gasteiger partial charge in [0.1, 0.15) is 11.8 Å². The van der Waals surface area contributed by atoms with Gasteiger partial charge in [-0.3, -0.25) is 4.98 Å². The second-order valence-electron chi connectivity index (χ2n) is 4.21. The van der Waals surface area contributed by atoms with Gasteiger partial charge >= 0.3 is 0 Å². The number of hydrogen-bond donors (Lipinski definition) is 1. The fraction of sp³-hybridized carbons (Fsp3) is 0.133. The molecule has 1 aromatic carbocycles. The zero-order chi connectivity index (χ0) is 15.9. The van der Waals surface area contributed by atoms with Crippen LogP contribution in [0.4, 0.5) is 8.78 Å². The molecule has 0 saturated carbocycles. The molecule has 0 bridgehead atoms. The maximum absolute atomic E-state index is 13.4. The van der Waals surface area contributed by atoms with E-state index in [2.05, 4.69) is 10.1 Å². The number of pyridine rings is 1. The second-order valence-corrected chi connectivity index (χ2v) is 4.21. The molecule has 0 aliphatic carbocycles. The van der Waals surface area contributed by atoms with Crippen molar-refractivity contribution in [2.75, 3.05) is 6.61 Å². The molecule has 0 atom stereocenters. The topological polar surface area (TPSA) is 78.5 Å². The number of aliphatic hydroxyl groups is 1. The van der Waals surface area contributed by atoms with Crippen molar-refractivity contribution in [1.82, 2.24) is 4.98 Å². The first kappa shape index (κ1) is 15.5. The highest BCUT2D eigenvalue weighted by Crippen LogP contribution is 2.14. The molecule has 1 heterocycles. The van der Waals surface area contributed by atoms with E-state index in [0.29, 0.717) is 11.3 Å². The number of nitriles is 1. The monoisotopic (exact) mass is 303 g/mol. The van der Waals surface area contributed by atoms with Crippen molar-refractivity contribution in [1.29, 1.82) is 5.26 Å². The van der Waals surface area contributed by atoms with Crippen molar-refractivity contribution >= 4 is 5.71 Å². The minimum Gasteiger partial charge on any atom is -0.392 e. The van der Waals surface area contributed by atoms with Gasteiger partial charge in [0.2, 0.25) is 6.61 Å². The molecule has 0 aliphatic heterocycles. The Bertz CT molecular complexity index is 725. The SMILES string of the molecule is N#CCO/N=C(\c1ccc(F)c(F)c1)c1ccc(CO)cn1. The summed E-state index contributed by atoms with van der Waals surface area (Å²) in [6, 6.07) is 8.17. The van der Waals surface area contributed by atoms with Crippen molar-refractivity contribution in [2.45, 2.75) is 6.61 Å². The van der Waals surface area contributed by atoms with Gasteiger partial charge in [-0.15, -0.1) is 0 Å². The molecule has 1 N–H and O–H groups in total. The van der Waals surface area contributed by atoms with E-state index >= 15 is 0 Å². The van der Waals surface area contributed by atoms with Crippen LogP contribution < -0.4 is 0 Å². The molecule has 2 rings (SSSR count). The van der Waals surface area contributed by atoms with Gasteiger partial charge in [0, 0.05) is 11.8 Å². The average Bonchev–Trinajstić information content (AvgIpc) is 2.55. The number of rotatable bonds is 5. The van der Waals surface area contributed by atoms with Gasteiger partial charge in [-0.25, -0.2) is 8.78 Å². The molecule has 7 heteroatoms.